The summed E-state index contributed by atoms with van der Waals surface area (Å²) in [6.07, 6.45) is 1.11. The zero-order valence-electron chi connectivity index (χ0n) is 13.3. The maximum atomic E-state index is 12.6. The molecule has 3 aromatic rings. The van der Waals surface area contributed by atoms with Crippen LogP contribution in [0.3, 0.4) is 0 Å². The van der Waals surface area contributed by atoms with E-state index in [1.54, 1.807) is 30.3 Å². The molecule has 2 heterocycles. The summed E-state index contributed by atoms with van der Waals surface area (Å²) < 4.78 is 1.07. The molecule has 0 radical (unpaired) electrons. The van der Waals surface area contributed by atoms with Gasteiger partial charge in [-0.2, -0.15) is 0 Å². The molecule has 0 N–H and O–H groups in total. The van der Waals surface area contributed by atoms with Crippen molar-refractivity contribution in [1.29, 1.82) is 0 Å². The number of aromatic nitrogens is 3. The molecule has 0 spiro atoms. The summed E-state index contributed by atoms with van der Waals surface area (Å²) in [5.74, 6) is -2.50. The highest BCUT2D eigenvalue weighted by molar-refractivity contribution is 6.37. The van der Waals surface area contributed by atoms with E-state index in [0.717, 1.165) is 10.9 Å². The first-order chi connectivity index (χ1) is 13.0. The van der Waals surface area contributed by atoms with E-state index in [1.807, 2.05) is 0 Å². The Bertz CT molecular complexity index is 1060. The van der Waals surface area contributed by atoms with Crippen LogP contribution in [0.15, 0.2) is 48.7 Å². The Hall–Kier alpha value is -3.23. The van der Waals surface area contributed by atoms with Gasteiger partial charge in [-0.25, -0.2) is 9.48 Å². The number of halogens is 2. The normalized spacial score (nSPS) is 13.0. The Kier molecular flexibility index (Phi) is 4.14. The molecule has 0 fully saturated rings. The Morgan fingerprint density at radius 3 is 2.11 bits per heavy atom. The molecule has 0 aliphatic carbocycles. The second kappa shape index (κ2) is 6.49. The molecule has 0 atom stereocenters. The molecule has 8 nitrogen and oxygen atoms in total. The predicted molar refractivity (Wildman–Crippen MR) is 93.7 cm³/mol. The Balaban J connectivity index is 1.66. The number of fused-ring (bicyclic) bond motifs is 1. The fourth-order valence-electron chi connectivity index (χ4n) is 2.61. The van der Waals surface area contributed by atoms with E-state index in [2.05, 4.69) is 10.3 Å². The first-order valence-corrected chi connectivity index (χ1v) is 8.30. The quantitative estimate of drug-likeness (QED) is 0.625. The van der Waals surface area contributed by atoms with Gasteiger partial charge in [-0.05, 0) is 24.3 Å². The van der Waals surface area contributed by atoms with Crippen molar-refractivity contribution in [2.45, 2.75) is 0 Å². The van der Waals surface area contributed by atoms with Crippen LogP contribution in [0.2, 0.25) is 10.0 Å². The van der Waals surface area contributed by atoms with Crippen LogP contribution in [0.4, 0.5) is 0 Å². The lowest BCUT2D eigenvalue weighted by Gasteiger charge is -2.13. The highest BCUT2D eigenvalue weighted by Gasteiger charge is 2.39. The van der Waals surface area contributed by atoms with Crippen molar-refractivity contribution in [2.24, 2.45) is 0 Å². The molecule has 27 heavy (non-hydrogen) atoms. The Labute approximate surface area is 161 Å². The molecule has 10 heteroatoms. The smallest absolute Gasteiger partial charge is 0.322 e. The summed E-state index contributed by atoms with van der Waals surface area (Å²) in [7, 11) is 0. The van der Waals surface area contributed by atoms with E-state index in [-0.39, 0.29) is 32.6 Å². The summed E-state index contributed by atoms with van der Waals surface area (Å²) >= 11 is 12.3. The third-order valence-electron chi connectivity index (χ3n) is 3.84. The number of benzene rings is 2. The van der Waals surface area contributed by atoms with Gasteiger partial charge in [0.15, 0.2) is 5.69 Å². The molecule has 2 aromatic carbocycles. The number of amides is 2. The molecule has 134 valence electrons. The van der Waals surface area contributed by atoms with Gasteiger partial charge in [-0.1, -0.05) is 51.7 Å². The Morgan fingerprint density at radius 1 is 0.926 bits per heavy atom. The number of imide groups is 1. The van der Waals surface area contributed by atoms with E-state index in [1.165, 1.54) is 12.1 Å². The lowest BCUT2D eigenvalue weighted by atomic mass is 10.1. The SMILES string of the molecule is O=C(ON1C(=O)c2ccccc2C1=O)c1cnnn1-c1c(Cl)cccc1Cl. The summed E-state index contributed by atoms with van der Waals surface area (Å²) in [4.78, 5) is 42.2. The number of nitrogens with zero attached hydrogens (tertiary/aromatic N) is 4. The third-order valence-corrected chi connectivity index (χ3v) is 4.45. The van der Waals surface area contributed by atoms with Gasteiger partial charge in [0.25, 0.3) is 11.8 Å². The van der Waals surface area contributed by atoms with Crippen LogP contribution in [0.25, 0.3) is 5.69 Å². The van der Waals surface area contributed by atoms with Crippen LogP contribution in [0, 0.1) is 0 Å². The molecule has 0 saturated carbocycles. The lowest BCUT2D eigenvalue weighted by Crippen LogP contribution is -2.33. The molecule has 0 unspecified atom stereocenters. The maximum absolute atomic E-state index is 12.6. The van der Waals surface area contributed by atoms with E-state index >= 15 is 0 Å². The minimum absolute atomic E-state index is 0.149. The van der Waals surface area contributed by atoms with Crippen molar-refractivity contribution in [3.05, 3.63) is 75.5 Å². The van der Waals surface area contributed by atoms with Crippen LogP contribution in [0.1, 0.15) is 31.2 Å². The van der Waals surface area contributed by atoms with Crippen molar-refractivity contribution >= 4 is 41.0 Å². The second-order valence-electron chi connectivity index (χ2n) is 5.43. The second-order valence-corrected chi connectivity index (χ2v) is 6.24. The lowest BCUT2D eigenvalue weighted by molar-refractivity contribution is -0.0590. The monoisotopic (exact) mass is 402 g/mol. The zero-order valence-corrected chi connectivity index (χ0v) is 14.8. The number of hydrogen-bond donors (Lipinski definition) is 0. The van der Waals surface area contributed by atoms with Gasteiger partial charge in [-0.15, -0.1) is 5.10 Å². The third kappa shape index (κ3) is 2.75. The van der Waals surface area contributed by atoms with Crippen LogP contribution in [-0.4, -0.2) is 37.8 Å². The fourth-order valence-corrected chi connectivity index (χ4v) is 3.17. The molecule has 4 rings (SSSR count). The first-order valence-electron chi connectivity index (χ1n) is 7.54. The van der Waals surface area contributed by atoms with E-state index < -0.39 is 17.8 Å². The largest absolute Gasteiger partial charge is 0.383 e. The van der Waals surface area contributed by atoms with Gasteiger partial charge < -0.3 is 4.84 Å². The van der Waals surface area contributed by atoms with Crippen molar-refractivity contribution in [3.63, 3.8) is 0 Å². The molecule has 0 saturated heterocycles. The van der Waals surface area contributed by atoms with E-state index in [4.69, 9.17) is 28.0 Å². The number of hydroxylamine groups is 2. The molecule has 0 bridgehead atoms. The molecule has 1 aliphatic heterocycles. The topological polar surface area (TPSA) is 94.4 Å². The average molecular weight is 403 g/mol. The molecule has 2 amide bonds. The van der Waals surface area contributed by atoms with Gasteiger partial charge in [0, 0.05) is 0 Å². The summed E-state index contributed by atoms with van der Waals surface area (Å²) in [5, 5.41) is 8.30. The van der Waals surface area contributed by atoms with Crippen LogP contribution < -0.4 is 0 Å². The molecule has 1 aliphatic rings. The van der Waals surface area contributed by atoms with Gasteiger partial charge in [0.2, 0.25) is 0 Å². The first kappa shape index (κ1) is 17.2. The fraction of sp³-hybridized carbons (Fsp3) is 0. The zero-order chi connectivity index (χ0) is 19.1. The number of carbonyl (C=O) groups excluding carboxylic acids is 3. The molecule has 1 aromatic heterocycles. The minimum Gasteiger partial charge on any atom is -0.322 e. The average Bonchev–Trinajstić information content (AvgIpc) is 3.22. The van der Waals surface area contributed by atoms with Crippen LogP contribution in [-0.2, 0) is 4.84 Å². The van der Waals surface area contributed by atoms with Gasteiger partial charge in [0.05, 0.1) is 27.4 Å². The number of hydrogen-bond acceptors (Lipinski definition) is 6. The van der Waals surface area contributed by atoms with Gasteiger partial charge >= 0.3 is 5.97 Å². The molecular formula is C17H8Cl2N4O4. The summed E-state index contributed by atoms with van der Waals surface area (Å²) in [6.45, 7) is 0. The van der Waals surface area contributed by atoms with Crippen molar-refractivity contribution < 1.29 is 19.2 Å². The highest BCUT2D eigenvalue weighted by atomic mass is 35.5. The van der Waals surface area contributed by atoms with Crippen LogP contribution >= 0.6 is 23.2 Å². The van der Waals surface area contributed by atoms with E-state index in [0.29, 0.717) is 5.06 Å². The van der Waals surface area contributed by atoms with E-state index in [9.17, 15) is 14.4 Å². The van der Waals surface area contributed by atoms with Crippen LogP contribution in [0.5, 0.6) is 0 Å². The number of rotatable bonds is 3. The Morgan fingerprint density at radius 2 is 1.52 bits per heavy atom. The maximum Gasteiger partial charge on any atom is 0.383 e. The van der Waals surface area contributed by atoms with Crippen molar-refractivity contribution in [1.82, 2.24) is 20.1 Å². The summed E-state index contributed by atoms with van der Waals surface area (Å²) in [5.41, 5.74) is 0.348. The summed E-state index contributed by atoms with van der Waals surface area (Å²) in [6, 6.07) is 10.9. The van der Waals surface area contributed by atoms with Crippen molar-refractivity contribution in [2.75, 3.05) is 0 Å². The molecular weight excluding hydrogens is 395 g/mol. The van der Waals surface area contributed by atoms with Crippen molar-refractivity contribution in [3.8, 4) is 5.69 Å². The highest BCUT2D eigenvalue weighted by Crippen LogP contribution is 2.29. The van der Waals surface area contributed by atoms with Gasteiger partial charge in [-0.3, -0.25) is 9.59 Å². The number of carbonyl (C=O) groups is 3. The number of para-hydroxylation sites is 1. The minimum atomic E-state index is -1.02. The standard InChI is InChI=1S/C17H8Cl2N4O4/c18-11-6-3-7-12(19)14(11)22-13(8-20-21-22)17(26)27-23-15(24)9-4-1-2-5-10(9)16(23)25/h1-8H. The predicted octanol–water partition coefficient (Wildman–Crippen LogP) is 2.94. The van der Waals surface area contributed by atoms with Gasteiger partial charge in [0.1, 0.15) is 5.69 Å².